The summed E-state index contributed by atoms with van der Waals surface area (Å²) < 4.78 is 217. The third-order valence-corrected chi connectivity index (χ3v) is 22.7. The molecule has 0 fully saturated rings. The van der Waals surface area contributed by atoms with Crippen LogP contribution in [-0.2, 0) is 21.7 Å². The monoisotopic (exact) mass is 1440 g/mol. The summed E-state index contributed by atoms with van der Waals surface area (Å²) in [6.45, 7) is 21.7. The van der Waals surface area contributed by atoms with Crippen molar-refractivity contribution in [1.29, 1.82) is 0 Å². The lowest BCUT2D eigenvalue weighted by Gasteiger charge is -2.47. The molecular formula is C105H87BN4. The smallest absolute Gasteiger partial charge is 0.252 e. The van der Waals surface area contributed by atoms with Gasteiger partial charge in [-0.2, -0.15) is 0 Å². The molecule has 0 amide bonds. The first-order valence-electron chi connectivity index (χ1n) is 48.0. The van der Waals surface area contributed by atoms with Crippen molar-refractivity contribution in [2.24, 2.45) is 0 Å². The van der Waals surface area contributed by atoms with Gasteiger partial charge in [-0.3, -0.25) is 0 Å². The Kier molecular flexibility index (Phi) is 10.8. The van der Waals surface area contributed by atoms with E-state index in [0.29, 0.717) is 72.7 Å². The summed E-state index contributed by atoms with van der Waals surface area (Å²) in [5.74, 6) is 0. The Morgan fingerprint density at radius 3 is 1.11 bits per heavy atom. The lowest BCUT2D eigenvalue weighted by Crippen LogP contribution is -2.62. The molecule has 4 nitrogen and oxygen atoms in total. The number of para-hydroxylation sites is 4. The van der Waals surface area contributed by atoms with Gasteiger partial charge in [0, 0.05) is 83.3 Å². The van der Waals surface area contributed by atoms with Crippen LogP contribution in [0.3, 0.4) is 0 Å². The van der Waals surface area contributed by atoms with Gasteiger partial charge in [0.25, 0.3) is 6.71 Å². The fourth-order valence-electron chi connectivity index (χ4n) is 17.2. The van der Waals surface area contributed by atoms with E-state index in [0.717, 1.165) is 49.1 Å². The molecule has 20 rings (SSSR count). The van der Waals surface area contributed by atoms with Crippen molar-refractivity contribution in [3.63, 3.8) is 0 Å². The van der Waals surface area contributed by atoms with Crippen LogP contribution in [0.5, 0.6) is 0 Å². The van der Waals surface area contributed by atoms with E-state index in [-0.39, 0.29) is 66.1 Å². The van der Waals surface area contributed by atoms with Gasteiger partial charge in [-0.05, 0) is 196 Å². The van der Waals surface area contributed by atoms with E-state index in [1.807, 2.05) is 163 Å². The fraction of sp³-hybridized carbons (Fsp3) is 0.143. The molecule has 5 heteroatoms. The van der Waals surface area contributed by atoms with Crippen molar-refractivity contribution in [2.45, 2.75) is 97.8 Å². The minimum Gasteiger partial charge on any atom is -0.310 e. The normalized spacial score (nSPS) is 16.3. The third kappa shape index (κ3) is 10.4. The Balaban J connectivity index is 1.11. The van der Waals surface area contributed by atoms with Crippen LogP contribution >= 0.6 is 0 Å². The Morgan fingerprint density at radius 2 is 0.673 bits per heavy atom. The summed E-state index contributed by atoms with van der Waals surface area (Å²) in [5.41, 5.74) is 8.75. The van der Waals surface area contributed by atoms with Crippen LogP contribution in [0.25, 0.3) is 122 Å². The molecule has 0 radical (unpaired) electrons. The first kappa shape index (κ1) is 48.1. The van der Waals surface area contributed by atoms with Gasteiger partial charge in [-0.15, -0.1) is 0 Å². The van der Waals surface area contributed by atoms with E-state index in [1.54, 1.807) is 0 Å². The third-order valence-electron chi connectivity index (χ3n) is 22.7. The highest BCUT2D eigenvalue weighted by molar-refractivity contribution is 7.01. The molecule has 0 unspecified atom stereocenters. The molecule has 530 valence electrons. The summed E-state index contributed by atoms with van der Waals surface area (Å²) in [6, 6.07) is 51.8. The van der Waals surface area contributed by atoms with Gasteiger partial charge in [0.2, 0.25) is 0 Å². The summed E-state index contributed by atoms with van der Waals surface area (Å²) >= 11 is 0. The molecule has 0 N–H and O–H groups in total. The fourth-order valence-corrected chi connectivity index (χ4v) is 17.2. The van der Waals surface area contributed by atoms with Crippen LogP contribution in [-0.4, -0.2) is 15.8 Å². The first-order chi connectivity index (χ1) is 62.0. The Hall–Kier alpha value is -12.4. The highest BCUT2D eigenvalue weighted by Crippen LogP contribution is 2.58. The molecule has 0 saturated heterocycles. The average Bonchev–Trinajstić information content (AvgIpc) is 1.66. The molecule has 17 aromatic rings. The Labute approximate surface area is 676 Å². The summed E-state index contributed by atoms with van der Waals surface area (Å²) in [7, 11) is 0. The maximum absolute atomic E-state index is 12.3. The number of benzene rings is 15. The number of anilines is 6. The number of hydrogen-bond acceptors (Lipinski definition) is 2. The van der Waals surface area contributed by atoms with Crippen molar-refractivity contribution >= 4 is 101 Å². The molecule has 3 aliphatic rings. The molecule has 110 heavy (non-hydrogen) atoms. The topological polar surface area (TPSA) is 16.3 Å². The first-order valence-corrected chi connectivity index (χ1v) is 37.5. The van der Waals surface area contributed by atoms with Crippen LogP contribution in [0.4, 0.5) is 34.1 Å². The number of fused-ring (bicyclic) bond motifs is 13. The second-order valence-corrected chi connectivity index (χ2v) is 32.8. The quantitative estimate of drug-likeness (QED) is 0.134. The summed E-state index contributed by atoms with van der Waals surface area (Å²) in [5, 5.41) is -1.27. The maximum Gasteiger partial charge on any atom is 0.252 e. The molecule has 0 spiro atoms. The van der Waals surface area contributed by atoms with Gasteiger partial charge < -0.3 is 18.9 Å². The van der Waals surface area contributed by atoms with Crippen LogP contribution in [0.1, 0.15) is 133 Å². The van der Waals surface area contributed by atoms with Crippen molar-refractivity contribution in [1.82, 2.24) is 9.13 Å². The molecule has 2 aromatic heterocycles. The van der Waals surface area contributed by atoms with E-state index in [4.69, 9.17) is 0 Å². The Morgan fingerprint density at radius 1 is 0.300 bits per heavy atom. The number of nitrogens with zero attached hydrogens (tertiary/aromatic N) is 4. The minimum absolute atomic E-state index is 0.00362. The zero-order valence-electron chi connectivity index (χ0n) is 83.9. The second-order valence-electron chi connectivity index (χ2n) is 32.8. The summed E-state index contributed by atoms with van der Waals surface area (Å²) in [6.07, 6.45) is 0. The van der Waals surface area contributed by atoms with Gasteiger partial charge >= 0.3 is 0 Å². The van der Waals surface area contributed by atoms with E-state index in [2.05, 4.69) is 124 Å². The van der Waals surface area contributed by atoms with Gasteiger partial charge in [0.1, 0.15) is 0 Å². The van der Waals surface area contributed by atoms with Crippen molar-refractivity contribution in [3.8, 4) is 78.1 Å². The zero-order valence-corrected chi connectivity index (χ0v) is 62.9. The van der Waals surface area contributed by atoms with Crippen molar-refractivity contribution in [3.05, 3.63) is 355 Å². The number of rotatable bonds is 9. The van der Waals surface area contributed by atoms with Gasteiger partial charge in [0.05, 0.1) is 62.2 Å². The molecule has 1 aliphatic carbocycles. The maximum atomic E-state index is 12.3. The average molecular weight is 1440 g/mol. The van der Waals surface area contributed by atoms with Gasteiger partial charge in [-0.1, -0.05) is 312 Å². The lowest BCUT2D eigenvalue weighted by molar-refractivity contribution is 0.590. The van der Waals surface area contributed by atoms with E-state index >= 15 is 0 Å². The van der Waals surface area contributed by atoms with E-state index < -0.39 is 172 Å². The van der Waals surface area contributed by atoms with Gasteiger partial charge in [0.15, 0.2) is 0 Å². The lowest BCUT2D eigenvalue weighted by atomic mass is 9.32. The molecule has 0 saturated carbocycles. The van der Waals surface area contributed by atoms with Crippen LogP contribution < -0.4 is 26.2 Å². The number of hydrogen-bond donors (Lipinski definition) is 0. The van der Waals surface area contributed by atoms with Crippen molar-refractivity contribution in [2.75, 3.05) is 9.80 Å². The molecular weight excluding hydrogens is 1330 g/mol. The van der Waals surface area contributed by atoms with Crippen LogP contribution in [0, 0.1) is 0 Å². The molecule has 15 aromatic carbocycles. The largest absolute Gasteiger partial charge is 0.310 e. The molecule has 0 atom stereocenters. The van der Waals surface area contributed by atoms with Gasteiger partial charge in [-0.25, -0.2) is 0 Å². The highest BCUT2D eigenvalue weighted by Gasteiger charge is 2.48. The summed E-state index contributed by atoms with van der Waals surface area (Å²) in [4.78, 5) is 4.03. The highest BCUT2D eigenvalue weighted by atomic mass is 15.2. The molecule has 2 aliphatic heterocycles. The standard InChI is InChI=1S/C105H87BN4/c1-102(2,3)71-57-82(66-34-16-12-17-35-66)100(83(58-71)67-36-18-13-19-37-67)109-94-64-74(107-90-48-30-25-43-77(90)78-44-26-31-49-91(78)107)53-55-89(94)106-98-81(70-52-54-88-86(56-70)76-42-24-29-47-87(76)105(88,10)11)63-75(108-92-50-32-27-45-79(92)80-46-28-33-51-93(80)108)65-97(98)110(96-62-73(104(7,8)9)61-95(109)99(96)106)101-84(68-38-20-14-21-39-68)59-72(103(4,5)6)60-85(101)69-40-22-15-23-41-69/h12-65H,1-11H3/i25D,26D,27D,28D,30D,31D,32D,33D,43D,44D,45D,46D,48D,49D,50D,51D,53D,55D,63D,64D,65D. The van der Waals surface area contributed by atoms with E-state index in [9.17, 15) is 28.8 Å². The number of aromatic nitrogens is 2. The molecule has 0 bridgehead atoms. The van der Waals surface area contributed by atoms with Crippen molar-refractivity contribution < 1.29 is 28.8 Å². The predicted octanol–water partition coefficient (Wildman–Crippen LogP) is 26.5. The van der Waals surface area contributed by atoms with E-state index in [1.165, 1.54) is 4.57 Å². The minimum atomic E-state index is -1.57. The SMILES string of the molecule is [2H]c1c([2H])c(-n2c3c([2H])c([2H])c([2H])c([2H])c3c3c([2H])c([2H])c([2H])c([2H])c32)c([2H])c2c1B1c3c(cc(C(C)(C)C)cc3N(c3c(-c4ccccc4)cc(C(C)(C)C)cc3-c3ccccc3)c3c([2H])c(-n4c5c([2H])c([2H])c([2H])c([2H])c5c5c([2H])c([2H])c([2H])c([2H])c54)c([2H])c(-c4ccc5c(c4)-c4ccccc4C5(C)C)c31)N2c1c(-c2ccccc2)cc(C(C)(C)C)cc1-c1ccccc1. The molecule has 4 heterocycles. The van der Waals surface area contributed by atoms with Crippen LogP contribution in [0.15, 0.2) is 327 Å². The second kappa shape index (κ2) is 24.8. The zero-order chi connectivity index (χ0) is 93.1. The predicted molar refractivity (Wildman–Crippen MR) is 470 cm³/mol. The van der Waals surface area contributed by atoms with Crippen LogP contribution in [0.2, 0.25) is 0 Å². The Bertz CT molecular complexity index is 7650.